The van der Waals surface area contributed by atoms with Gasteiger partial charge in [0.1, 0.15) is 5.82 Å². The molecule has 2 aromatic carbocycles. The standard InChI is InChI=1S/C23H25N5O2/c24-14-17-5-3-16(4-6-17)9-12-21(29)27-15-18-7-10-19(11-8-18)23(30)28-20-2-1-13-26-22(20)25/h1-8,10-11,13H,9,12,14-15,24H2,(H2,25,26)(H,27,29)(H,28,30). The van der Waals surface area contributed by atoms with Crippen LogP contribution in [0.2, 0.25) is 0 Å². The predicted molar refractivity (Wildman–Crippen MR) is 118 cm³/mol. The van der Waals surface area contributed by atoms with Crippen LogP contribution in [0.15, 0.2) is 66.9 Å². The normalized spacial score (nSPS) is 10.4. The van der Waals surface area contributed by atoms with E-state index < -0.39 is 0 Å². The molecule has 7 nitrogen and oxygen atoms in total. The molecule has 0 bridgehead atoms. The van der Waals surface area contributed by atoms with Gasteiger partial charge in [-0.2, -0.15) is 0 Å². The lowest BCUT2D eigenvalue weighted by molar-refractivity contribution is -0.121. The lowest BCUT2D eigenvalue weighted by Gasteiger charge is -2.09. The molecule has 0 aliphatic carbocycles. The molecule has 0 radical (unpaired) electrons. The molecule has 2 amide bonds. The summed E-state index contributed by atoms with van der Waals surface area (Å²) in [5.41, 5.74) is 15.4. The predicted octanol–water partition coefficient (Wildman–Crippen LogP) is 2.62. The third kappa shape index (κ3) is 5.89. The van der Waals surface area contributed by atoms with Crippen molar-refractivity contribution in [1.29, 1.82) is 0 Å². The maximum Gasteiger partial charge on any atom is 0.255 e. The minimum Gasteiger partial charge on any atom is -0.382 e. The number of benzene rings is 2. The van der Waals surface area contributed by atoms with E-state index in [1.807, 2.05) is 36.4 Å². The second-order valence-electron chi connectivity index (χ2n) is 6.88. The van der Waals surface area contributed by atoms with Gasteiger partial charge >= 0.3 is 0 Å². The van der Waals surface area contributed by atoms with Crippen LogP contribution in [0.3, 0.4) is 0 Å². The monoisotopic (exact) mass is 403 g/mol. The minimum atomic E-state index is -0.272. The second-order valence-corrected chi connectivity index (χ2v) is 6.88. The summed E-state index contributed by atoms with van der Waals surface area (Å²) in [4.78, 5) is 28.4. The maximum absolute atomic E-state index is 12.3. The summed E-state index contributed by atoms with van der Waals surface area (Å²) in [6.07, 6.45) is 2.65. The highest BCUT2D eigenvalue weighted by Gasteiger charge is 2.09. The zero-order chi connectivity index (χ0) is 21.3. The van der Waals surface area contributed by atoms with Crippen molar-refractivity contribution in [3.05, 3.63) is 89.1 Å². The molecule has 3 aromatic rings. The topological polar surface area (TPSA) is 123 Å². The van der Waals surface area contributed by atoms with Gasteiger partial charge < -0.3 is 22.1 Å². The molecule has 0 atom stereocenters. The molecule has 0 spiro atoms. The highest BCUT2D eigenvalue weighted by Crippen LogP contribution is 2.15. The number of nitrogens with one attached hydrogen (secondary N) is 2. The van der Waals surface area contributed by atoms with Gasteiger partial charge in [-0.1, -0.05) is 36.4 Å². The summed E-state index contributed by atoms with van der Waals surface area (Å²) in [6.45, 7) is 0.918. The Labute approximate surface area is 175 Å². The molecule has 30 heavy (non-hydrogen) atoms. The van der Waals surface area contributed by atoms with Gasteiger partial charge in [0.2, 0.25) is 5.91 Å². The molecule has 0 fully saturated rings. The summed E-state index contributed by atoms with van der Waals surface area (Å²) in [5.74, 6) is -0.0294. The summed E-state index contributed by atoms with van der Waals surface area (Å²) in [5, 5.41) is 5.64. The van der Waals surface area contributed by atoms with Gasteiger partial charge in [0.25, 0.3) is 5.91 Å². The number of nitrogens with two attached hydrogens (primary N) is 2. The lowest BCUT2D eigenvalue weighted by atomic mass is 10.1. The van der Waals surface area contributed by atoms with Crippen molar-refractivity contribution < 1.29 is 9.59 Å². The number of nitrogen functional groups attached to an aromatic ring is 1. The molecule has 1 aromatic heterocycles. The van der Waals surface area contributed by atoms with E-state index in [1.165, 1.54) is 0 Å². The number of pyridine rings is 1. The highest BCUT2D eigenvalue weighted by molar-refractivity contribution is 6.05. The molecule has 1 heterocycles. The Morgan fingerprint density at radius 2 is 1.57 bits per heavy atom. The van der Waals surface area contributed by atoms with E-state index in [0.717, 1.165) is 16.7 Å². The first-order chi connectivity index (χ1) is 14.5. The number of carbonyl (C=O) groups is 2. The van der Waals surface area contributed by atoms with Gasteiger partial charge in [-0.3, -0.25) is 9.59 Å². The Bertz CT molecular complexity index is 1000. The van der Waals surface area contributed by atoms with Gasteiger partial charge in [0.15, 0.2) is 0 Å². The van der Waals surface area contributed by atoms with E-state index in [0.29, 0.717) is 37.2 Å². The minimum absolute atomic E-state index is 0.0215. The van der Waals surface area contributed by atoms with Crippen LogP contribution in [0.25, 0.3) is 0 Å². The van der Waals surface area contributed by atoms with Crippen molar-refractivity contribution in [2.75, 3.05) is 11.1 Å². The van der Waals surface area contributed by atoms with E-state index in [4.69, 9.17) is 11.5 Å². The summed E-state index contributed by atoms with van der Waals surface area (Å²) in [7, 11) is 0. The van der Waals surface area contributed by atoms with Gasteiger partial charge in [-0.25, -0.2) is 4.98 Å². The third-order valence-corrected chi connectivity index (χ3v) is 4.69. The van der Waals surface area contributed by atoms with E-state index in [2.05, 4.69) is 15.6 Å². The first-order valence-corrected chi connectivity index (χ1v) is 9.70. The van der Waals surface area contributed by atoms with Crippen LogP contribution in [0.1, 0.15) is 33.5 Å². The van der Waals surface area contributed by atoms with Gasteiger partial charge in [-0.05, 0) is 47.4 Å². The van der Waals surface area contributed by atoms with Gasteiger partial charge in [0, 0.05) is 31.3 Å². The Kier molecular flexibility index (Phi) is 7.13. The van der Waals surface area contributed by atoms with Crippen molar-refractivity contribution >= 4 is 23.3 Å². The maximum atomic E-state index is 12.3. The van der Waals surface area contributed by atoms with E-state index in [1.54, 1.807) is 30.5 Å². The highest BCUT2D eigenvalue weighted by atomic mass is 16.2. The number of amides is 2. The first kappa shape index (κ1) is 21.0. The second kappa shape index (κ2) is 10.2. The van der Waals surface area contributed by atoms with E-state index in [-0.39, 0.29) is 17.6 Å². The molecule has 154 valence electrons. The number of aryl methyl sites for hydroxylation is 1. The SMILES string of the molecule is NCc1ccc(CCC(=O)NCc2ccc(C(=O)Nc3cccnc3N)cc2)cc1. The Balaban J connectivity index is 1.46. The molecule has 0 saturated carbocycles. The summed E-state index contributed by atoms with van der Waals surface area (Å²) in [6, 6.07) is 18.4. The number of carbonyl (C=O) groups excluding carboxylic acids is 2. The van der Waals surface area contributed by atoms with Crippen LogP contribution in [0, 0.1) is 0 Å². The van der Waals surface area contributed by atoms with Crippen molar-refractivity contribution in [3.8, 4) is 0 Å². The fourth-order valence-corrected chi connectivity index (χ4v) is 2.88. The molecular weight excluding hydrogens is 378 g/mol. The number of aromatic nitrogens is 1. The molecule has 0 aliphatic rings. The van der Waals surface area contributed by atoms with Gasteiger partial charge in [-0.15, -0.1) is 0 Å². The molecular formula is C23H25N5O2. The number of nitrogens with zero attached hydrogens (tertiary/aromatic N) is 1. The smallest absolute Gasteiger partial charge is 0.255 e. The lowest BCUT2D eigenvalue weighted by Crippen LogP contribution is -2.23. The van der Waals surface area contributed by atoms with Crippen molar-refractivity contribution in [2.24, 2.45) is 5.73 Å². The van der Waals surface area contributed by atoms with Crippen LogP contribution in [-0.2, 0) is 24.3 Å². The summed E-state index contributed by atoms with van der Waals surface area (Å²) < 4.78 is 0. The zero-order valence-electron chi connectivity index (χ0n) is 16.6. The number of rotatable bonds is 8. The zero-order valence-corrected chi connectivity index (χ0v) is 16.6. The third-order valence-electron chi connectivity index (χ3n) is 4.69. The number of hydrogen-bond acceptors (Lipinski definition) is 5. The van der Waals surface area contributed by atoms with E-state index >= 15 is 0 Å². The Morgan fingerprint density at radius 1 is 0.900 bits per heavy atom. The average molecular weight is 403 g/mol. The van der Waals surface area contributed by atoms with Crippen LogP contribution >= 0.6 is 0 Å². The quantitative estimate of drug-likeness (QED) is 0.460. The molecule has 6 N–H and O–H groups in total. The van der Waals surface area contributed by atoms with Gasteiger partial charge in [0.05, 0.1) is 5.69 Å². The average Bonchev–Trinajstić information content (AvgIpc) is 2.78. The molecule has 0 saturated heterocycles. The molecule has 7 heteroatoms. The number of hydrogen-bond donors (Lipinski definition) is 4. The fourth-order valence-electron chi connectivity index (χ4n) is 2.88. The van der Waals surface area contributed by atoms with Crippen molar-refractivity contribution in [1.82, 2.24) is 10.3 Å². The molecule has 0 aliphatic heterocycles. The molecule has 0 unspecified atom stereocenters. The number of anilines is 2. The fraction of sp³-hybridized carbons (Fsp3) is 0.174. The van der Waals surface area contributed by atoms with Crippen molar-refractivity contribution in [3.63, 3.8) is 0 Å². The van der Waals surface area contributed by atoms with Crippen LogP contribution < -0.4 is 22.1 Å². The first-order valence-electron chi connectivity index (χ1n) is 9.70. The van der Waals surface area contributed by atoms with Crippen molar-refractivity contribution in [2.45, 2.75) is 25.9 Å². The molecule has 3 rings (SSSR count). The van der Waals surface area contributed by atoms with Crippen LogP contribution in [0.5, 0.6) is 0 Å². The summed E-state index contributed by atoms with van der Waals surface area (Å²) >= 11 is 0. The Morgan fingerprint density at radius 3 is 2.23 bits per heavy atom. The largest absolute Gasteiger partial charge is 0.382 e. The van der Waals surface area contributed by atoms with Crippen LogP contribution in [-0.4, -0.2) is 16.8 Å². The van der Waals surface area contributed by atoms with Crippen LogP contribution in [0.4, 0.5) is 11.5 Å². The van der Waals surface area contributed by atoms with E-state index in [9.17, 15) is 9.59 Å². The Hall–Kier alpha value is -3.71.